The minimum atomic E-state index is 0.491. The predicted molar refractivity (Wildman–Crippen MR) is 61.3 cm³/mol. The second kappa shape index (κ2) is 4.06. The summed E-state index contributed by atoms with van der Waals surface area (Å²) in [5, 5.41) is 3.49. The first kappa shape index (κ1) is 9.54. The van der Waals surface area contributed by atoms with Gasteiger partial charge in [0.05, 0.1) is 0 Å². The number of nitrogens with zero attached hydrogens (tertiary/aromatic N) is 3. The van der Waals surface area contributed by atoms with Gasteiger partial charge in [0.15, 0.2) is 0 Å². The number of hydrogen-bond donors (Lipinski definition) is 1. The second-order valence-corrected chi connectivity index (χ2v) is 4.07. The van der Waals surface area contributed by atoms with Crippen molar-refractivity contribution in [1.29, 1.82) is 0 Å². The average Bonchev–Trinajstić information content (AvgIpc) is 3.03. The molecule has 2 aromatic heterocycles. The largest absolute Gasteiger partial charge is 0.310 e. The van der Waals surface area contributed by atoms with Crippen molar-refractivity contribution in [3.8, 4) is 5.82 Å². The van der Waals surface area contributed by atoms with Crippen LogP contribution in [-0.2, 0) is 0 Å². The highest BCUT2D eigenvalue weighted by molar-refractivity contribution is 5.30. The molecule has 4 nitrogen and oxygen atoms in total. The van der Waals surface area contributed by atoms with E-state index in [1.165, 1.54) is 18.4 Å². The fourth-order valence-corrected chi connectivity index (χ4v) is 2.16. The van der Waals surface area contributed by atoms with E-state index in [1.54, 1.807) is 12.5 Å². The summed E-state index contributed by atoms with van der Waals surface area (Å²) in [5.74, 6) is 0.934. The van der Waals surface area contributed by atoms with E-state index in [0.717, 1.165) is 12.4 Å². The van der Waals surface area contributed by atoms with Gasteiger partial charge in [0.1, 0.15) is 12.1 Å². The zero-order valence-electron chi connectivity index (χ0n) is 9.00. The summed E-state index contributed by atoms with van der Waals surface area (Å²) in [6.07, 6.45) is 9.79. The molecule has 0 radical (unpaired) electrons. The van der Waals surface area contributed by atoms with Gasteiger partial charge in [-0.05, 0) is 37.1 Å². The number of pyridine rings is 1. The molecule has 0 saturated carbocycles. The highest BCUT2D eigenvalue weighted by Gasteiger charge is 2.16. The van der Waals surface area contributed by atoms with Gasteiger partial charge in [-0.15, -0.1) is 0 Å². The number of imidazole rings is 1. The zero-order chi connectivity index (χ0) is 10.8. The molecule has 0 bridgehead atoms. The molecule has 0 aliphatic carbocycles. The molecule has 16 heavy (non-hydrogen) atoms. The molecular weight excluding hydrogens is 200 g/mol. The Morgan fingerprint density at radius 1 is 1.38 bits per heavy atom. The highest BCUT2D eigenvalue weighted by atomic mass is 15.1. The van der Waals surface area contributed by atoms with Gasteiger partial charge >= 0.3 is 0 Å². The Kier molecular flexibility index (Phi) is 2.42. The van der Waals surface area contributed by atoms with Crippen molar-refractivity contribution in [2.45, 2.75) is 18.9 Å². The Morgan fingerprint density at radius 3 is 3.12 bits per heavy atom. The lowest BCUT2D eigenvalue weighted by Gasteiger charge is -2.11. The average molecular weight is 214 g/mol. The van der Waals surface area contributed by atoms with Crippen LogP contribution in [-0.4, -0.2) is 21.1 Å². The molecule has 1 atom stereocenters. The van der Waals surface area contributed by atoms with Gasteiger partial charge in [-0.1, -0.05) is 0 Å². The van der Waals surface area contributed by atoms with Crippen LogP contribution in [0.2, 0.25) is 0 Å². The van der Waals surface area contributed by atoms with E-state index in [-0.39, 0.29) is 0 Å². The van der Waals surface area contributed by atoms with Gasteiger partial charge in [-0.3, -0.25) is 4.57 Å². The third-order valence-electron chi connectivity index (χ3n) is 3.00. The van der Waals surface area contributed by atoms with Crippen LogP contribution < -0.4 is 5.32 Å². The summed E-state index contributed by atoms with van der Waals surface area (Å²) in [7, 11) is 0. The lowest BCUT2D eigenvalue weighted by Crippen LogP contribution is -2.13. The van der Waals surface area contributed by atoms with Crippen LogP contribution in [0.4, 0.5) is 0 Å². The first-order valence-corrected chi connectivity index (χ1v) is 5.61. The molecule has 3 heterocycles. The number of nitrogens with one attached hydrogen (secondary N) is 1. The summed E-state index contributed by atoms with van der Waals surface area (Å²) in [6, 6.07) is 4.71. The molecule has 1 N–H and O–H groups in total. The Balaban J connectivity index is 1.93. The van der Waals surface area contributed by atoms with Crippen molar-refractivity contribution in [2.24, 2.45) is 0 Å². The second-order valence-electron chi connectivity index (χ2n) is 4.07. The lowest BCUT2D eigenvalue weighted by molar-refractivity contribution is 0.646. The van der Waals surface area contributed by atoms with Crippen molar-refractivity contribution in [1.82, 2.24) is 19.9 Å². The Hall–Kier alpha value is -1.68. The standard InChI is InChI=1S/C12H14N4/c1-2-11(14-4-1)10-3-5-15-12(8-10)16-7-6-13-9-16/h3,5-9,11,14H,1-2,4H2/t11-/m0/s1. The van der Waals surface area contributed by atoms with Gasteiger partial charge in [0.2, 0.25) is 0 Å². The van der Waals surface area contributed by atoms with Crippen LogP contribution in [0.5, 0.6) is 0 Å². The molecule has 82 valence electrons. The summed E-state index contributed by atoms with van der Waals surface area (Å²) < 4.78 is 1.93. The van der Waals surface area contributed by atoms with E-state index < -0.39 is 0 Å². The quantitative estimate of drug-likeness (QED) is 0.827. The summed E-state index contributed by atoms with van der Waals surface area (Å²) in [5.41, 5.74) is 1.32. The zero-order valence-corrected chi connectivity index (χ0v) is 9.00. The highest BCUT2D eigenvalue weighted by Crippen LogP contribution is 2.23. The van der Waals surface area contributed by atoms with E-state index in [4.69, 9.17) is 0 Å². The minimum Gasteiger partial charge on any atom is -0.310 e. The van der Waals surface area contributed by atoms with E-state index in [2.05, 4.69) is 27.4 Å². The molecule has 0 aromatic carbocycles. The molecule has 2 aromatic rings. The van der Waals surface area contributed by atoms with Crippen LogP contribution in [0.1, 0.15) is 24.4 Å². The van der Waals surface area contributed by atoms with E-state index in [1.807, 2.05) is 17.0 Å². The van der Waals surface area contributed by atoms with E-state index in [9.17, 15) is 0 Å². The third kappa shape index (κ3) is 1.72. The Labute approximate surface area is 94.4 Å². The topological polar surface area (TPSA) is 42.7 Å². The molecule has 1 fully saturated rings. The SMILES string of the molecule is c1cn(-c2cc([C@@H]3CCCN3)ccn2)cn1. The number of rotatable bonds is 2. The monoisotopic (exact) mass is 214 g/mol. The van der Waals surface area contributed by atoms with Gasteiger partial charge < -0.3 is 5.32 Å². The molecular formula is C12H14N4. The summed E-state index contributed by atoms with van der Waals surface area (Å²) in [6.45, 7) is 1.12. The van der Waals surface area contributed by atoms with Crippen LogP contribution in [0.15, 0.2) is 37.1 Å². The van der Waals surface area contributed by atoms with Crippen molar-refractivity contribution >= 4 is 0 Å². The molecule has 4 heteroatoms. The van der Waals surface area contributed by atoms with Crippen LogP contribution in [0.3, 0.4) is 0 Å². The van der Waals surface area contributed by atoms with Gasteiger partial charge in [-0.2, -0.15) is 0 Å². The first-order chi connectivity index (χ1) is 7.93. The fraction of sp³-hybridized carbons (Fsp3) is 0.333. The Morgan fingerprint density at radius 2 is 2.38 bits per heavy atom. The third-order valence-corrected chi connectivity index (χ3v) is 3.00. The smallest absolute Gasteiger partial charge is 0.138 e. The molecule has 3 rings (SSSR count). The van der Waals surface area contributed by atoms with Crippen LogP contribution in [0.25, 0.3) is 5.82 Å². The fourth-order valence-electron chi connectivity index (χ4n) is 2.16. The van der Waals surface area contributed by atoms with Crippen molar-refractivity contribution in [3.05, 3.63) is 42.6 Å². The van der Waals surface area contributed by atoms with Crippen molar-refractivity contribution in [3.63, 3.8) is 0 Å². The van der Waals surface area contributed by atoms with Gasteiger partial charge in [-0.25, -0.2) is 9.97 Å². The maximum atomic E-state index is 4.35. The van der Waals surface area contributed by atoms with E-state index in [0.29, 0.717) is 6.04 Å². The first-order valence-electron chi connectivity index (χ1n) is 5.61. The van der Waals surface area contributed by atoms with E-state index >= 15 is 0 Å². The maximum absolute atomic E-state index is 4.35. The molecule has 0 unspecified atom stereocenters. The van der Waals surface area contributed by atoms with Crippen molar-refractivity contribution in [2.75, 3.05) is 6.54 Å². The van der Waals surface area contributed by atoms with Gasteiger partial charge in [0, 0.05) is 24.6 Å². The molecule has 1 saturated heterocycles. The van der Waals surface area contributed by atoms with Crippen LogP contribution >= 0.6 is 0 Å². The maximum Gasteiger partial charge on any atom is 0.138 e. The molecule has 1 aliphatic heterocycles. The molecule has 1 aliphatic rings. The minimum absolute atomic E-state index is 0.491. The van der Waals surface area contributed by atoms with Crippen LogP contribution in [0, 0.1) is 0 Å². The summed E-state index contributed by atoms with van der Waals surface area (Å²) >= 11 is 0. The summed E-state index contributed by atoms with van der Waals surface area (Å²) in [4.78, 5) is 8.38. The predicted octanol–water partition coefficient (Wildman–Crippen LogP) is 1.69. The lowest BCUT2D eigenvalue weighted by atomic mass is 10.1. The molecule has 0 amide bonds. The van der Waals surface area contributed by atoms with Crippen molar-refractivity contribution < 1.29 is 0 Å². The van der Waals surface area contributed by atoms with Gasteiger partial charge in [0.25, 0.3) is 0 Å². The number of hydrogen-bond acceptors (Lipinski definition) is 3. The Bertz CT molecular complexity index is 458. The normalized spacial score (nSPS) is 20.1. The number of aromatic nitrogens is 3. The molecule has 0 spiro atoms.